The van der Waals surface area contributed by atoms with Gasteiger partial charge in [-0.1, -0.05) is 19.9 Å². The molecule has 0 aliphatic rings. The monoisotopic (exact) mass is 285 g/mol. The Morgan fingerprint density at radius 1 is 1.21 bits per heavy atom. The molecule has 0 saturated heterocycles. The summed E-state index contributed by atoms with van der Waals surface area (Å²) in [5.74, 6) is -1.13. The van der Waals surface area contributed by atoms with Crippen molar-refractivity contribution in [3.05, 3.63) is 29.8 Å². The second-order valence-corrected chi connectivity index (χ2v) is 6.18. The number of sulfonamides is 1. The molecule has 1 rings (SSSR count). The number of carbonyl (C=O) groups is 1. The van der Waals surface area contributed by atoms with Gasteiger partial charge in [0.05, 0.1) is 10.5 Å². The normalized spacial score (nSPS) is 11.7. The van der Waals surface area contributed by atoms with E-state index in [1.165, 1.54) is 28.6 Å². The Hall–Kier alpha value is -1.40. The Labute approximate surface area is 113 Å². The summed E-state index contributed by atoms with van der Waals surface area (Å²) in [6, 6.07) is 5.47. The van der Waals surface area contributed by atoms with Gasteiger partial charge in [-0.3, -0.25) is 0 Å². The molecule has 0 fully saturated rings. The maximum absolute atomic E-state index is 12.4. The van der Waals surface area contributed by atoms with Gasteiger partial charge in [0.2, 0.25) is 10.0 Å². The van der Waals surface area contributed by atoms with Crippen LogP contribution in [0.5, 0.6) is 0 Å². The van der Waals surface area contributed by atoms with Crippen molar-refractivity contribution in [2.75, 3.05) is 13.1 Å². The average Bonchev–Trinajstić information content (AvgIpc) is 2.38. The molecule has 0 aliphatic carbocycles. The summed E-state index contributed by atoms with van der Waals surface area (Å²) in [5.41, 5.74) is -0.0194. The summed E-state index contributed by atoms with van der Waals surface area (Å²) in [6.07, 6.45) is 1.44. The molecule has 106 valence electrons. The minimum atomic E-state index is -3.61. The van der Waals surface area contributed by atoms with E-state index in [0.717, 1.165) is 12.8 Å². The van der Waals surface area contributed by atoms with Crippen LogP contribution >= 0.6 is 0 Å². The maximum atomic E-state index is 12.4. The summed E-state index contributed by atoms with van der Waals surface area (Å²) in [6.45, 7) is 4.69. The van der Waals surface area contributed by atoms with E-state index in [1.54, 1.807) is 0 Å². The molecule has 1 aromatic rings. The predicted octanol–water partition coefficient (Wildman–Crippen LogP) is 2.20. The molecule has 0 aliphatic heterocycles. The second kappa shape index (κ2) is 6.68. The molecular formula is C13H19NO4S. The quantitative estimate of drug-likeness (QED) is 0.833. The number of rotatable bonds is 7. The van der Waals surface area contributed by atoms with E-state index in [4.69, 9.17) is 5.11 Å². The molecule has 0 aromatic heterocycles. The van der Waals surface area contributed by atoms with Crippen LogP contribution in [0.15, 0.2) is 29.2 Å². The molecule has 0 atom stereocenters. The standard InChI is InChI=1S/C13H19NO4S/c1-3-8-14(9-4-2)19(17,18)12-7-5-6-11(10-12)13(15)16/h5-7,10H,3-4,8-9H2,1-2H3,(H,15,16). The first-order valence-electron chi connectivity index (χ1n) is 6.27. The summed E-state index contributed by atoms with van der Waals surface area (Å²) in [7, 11) is -3.61. The summed E-state index contributed by atoms with van der Waals surface area (Å²) < 4.78 is 26.2. The molecule has 1 N–H and O–H groups in total. The molecule has 0 unspecified atom stereocenters. The first-order valence-corrected chi connectivity index (χ1v) is 7.71. The molecule has 0 bridgehead atoms. The highest BCUT2D eigenvalue weighted by Gasteiger charge is 2.23. The number of nitrogens with zero attached hydrogens (tertiary/aromatic N) is 1. The van der Waals surface area contributed by atoms with Crippen LogP contribution in [0.3, 0.4) is 0 Å². The van der Waals surface area contributed by atoms with Crippen molar-refractivity contribution < 1.29 is 18.3 Å². The van der Waals surface area contributed by atoms with Crippen LogP contribution in [0.2, 0.25) is 0 Å². The third kappa shape index (κ3) is 3.78. The molecule has 1 aromatic carbocycles. The lowest BCUT2D eigenvalue weighted by molar-refractivity contribution is 0.0696. The fraction of sp³-hybridized carbons (Fsp3) is 0.462. The number of aromatic carboxylic acids is 1. The molecule has 0 heterocycles. The van der Waals surface area contributed by atoms with E-state index >= 15 is 0 Å². The fourth-order valence-corrected chi connectivity index (χ4v) is 3.46. The Morgan fingerprint density at radius 3 is 2.26 bits per heavy atom. The summed E-state index contributed by atoms with van der Waals surface area (Å²) >= 11 is 0. The fourth-order valence-electron chi connectivity index (χ4n) is 1.79. The van der Waals surface area contributed by atoms with Gasteiger partial charge in [-0.15, -0.1) is 0 Å². The first kappa shape index (κ1) is 15.7. The zero-order chi connectivity index (χ0) is 14.5. The van der Waals surface area contributed by atoms with Gasteiger partial charge in [0, 0.05) is 13.1 Å². The lowest BCUT2D eigenvalue weighted by atomic mass is 10.2. The maximum Gasteiger partial charge on any atom is 0.335 e. The number of hydrogen-bond donors (Lipinski definition) is 1. The third-order valence-corrected chi connectivity index (χ3v) is 4.56. The Kier molecular flexibility index (Phi) is 5.50. The number of hydrogen-bond acceptors (Lipinski definition) is 3. The van der Waals surface area contributed by atoms with Gasteiger partial charge < -0.3 is 5.11 Å². The van der Waals surface area contributed by atoms with Gasteiger partial charge in [-0.25, -0.2) is 13.2 Å². The summed E-state index contributed by atoms with van der Waals surface area (Å²) in [5, 5.41) is 8.91. The van der Waals surface area contributed by atoms with Gasteiger partial charge in [0.1, 0.15) is 0 Å². The van der Waals surface area contributed by atoms with E-state index < -0.39 is 16.0 Å². The number of carboxylic acid groups (broad SMARTS) is 1. The van der Waals surface area contributed by atoms with Gasteiger partial charge >= 0.3 is 5.97 Å². The topological polar surface area (TPSA) is 74.7 Å². The molecule has 0 spiro atoms. The highest BCUT2D eigenvalue weighted by molar-refractivity contribution is 7.89. The zero-order valence-electron chi connectivity index (χ0n) is 11.2. The van der Waals surface area contributed by atoms with Crippen LogP contribution in [-0.4, -0.2) is 36.9 Å². The lowest BCUT2D eigenvalue weighted by Gasteiger charge is -2.21. The van der Waals surface area contributed by atoms with E-state index in [0.29, 0.717) is 13.1 Å². The van der Waals surface area contributed by atoms with Crippen LogP contribution in [0.4, 0.5) is 0 Å². The minimum absolute atomic E-state index is 0.0194. The largest absolute Gasteiger partial charge is 0.478 e. The highest BCUT2D eigenvalue weighted by atomic mass is 32.2. The van der Waals surface area contributed by atoms with Gasteiger partial charge in [0.15, 0.2) is 0 Å². The summed E-state index contributed by atoms with van der Waals surface area (Å²) in [4.78, 5) is 10.9. The molecule has 6 heteroatoms. The van der Waals surface area contributed by atoms with Crippen LogP contribution in [-0.2, 0) is 10.0 Å². The van der Waals surface area contributed by atoms with Gasteiger partial charge in [-0.2, -0.15) is 4.31 Å². The Bertz CT molecular complexity index is 533. The zero-order valence-corrected chi connectivity index (χ0v) is 12.0. The second-order valence-electron chi connectivity index (χ2n) is 4.24. The van der Waals surface area contributed by atoms with E-state index in [9.17, 15) is 13.2 Å². The molecular weight excluding hydrogens is 266 g/mol. The number of carboxylic acids is 1. The van der Waals surface area contributed by atoms with Crippen LogP contribution in [0.1, 0.15) is 37.0 Å². The highest BCUT2D eigenvalue weighted by Crippen LogP contribution is 2.18. The first-order chi connectivity index (χ1) is 8.93. The molecule has 0 radical (unpaired) electrons. The Morgan fingerprint density at radius 2 is 1.79 bits per heavy atom. The average molecular weight is 285 g/mol. The van der Waals surface area contributed by atoms with E-state index in [1.807, 2.05) is 13.8 Å². The van der Waals surface area contributed by atoms with E-state index in [2.05, 4.69) is 0 Å². The van der Waals surface area contributed by atoms with Gasteiger partial charge in [-0.05, 0) is 31.0 Å². The predicted molar refractivity (Wildman–Crippen MR) is 72.7 cm³/mol. The smallest absolute Gasteiger partial charge is 0.335 e. The van der Waals surface area contributed by atoms with Crippen molar-refractivity contribution in [1.82, 2.24) is 4.31 Å². The SMILES string of the molecule is CCCN(CCC)S(=O)(=O)c1cccc(C(=O)O)c1. The minimum Gasteiger partial charge on any atom is -0.478 e. The third-order valence-electron chi connectivity index (χ3n) is 2.66. The van der Waals surface area contributed by atoms with Crippen molar-refractivity contribution in [3.8, 4) is 0 Å². The van der Waals surface area contributed by atoms with Crippen molar-refractivity contribution in [3.63, 3.8) is 0 Å². The lowest BCUT2D eigenvalue weighted by Crippen LogP contribution is -2.32. The van der Waals surface area contributed by atoms with Crippen molar-refractivity contribution in [2.24, 2.45) is 0 Å². The van der Waals surface area contributed by atoms with Crippen LogP contribution < -0.4 is 0 Å². The molecule has 5 nitrogen and oxygen atoms in total. The van der Waals surface area contributed by atoms with Crippen molar-refractivity contribution in [1.29, 1.82) is 0 Å². The number of benzene rings is 1. The van der Waals surface area contributed by atoms with Crippen LogP contribution in [0.25, 0.3) is 0 Å². The van der Waals surface area contributed by atoms with Gasteiger partial charge in [0.25, 0.3) is 0 Å². The molecule has 0 amide bonds. The molecule has 19 heavy (non-hydrogen) atoms. The van der Waals surface area contributed by atoms with Crippen molar-refractivity contribution >= 4 is 16.0 Å². The molecule has 0 saturated carbocycles. The van der Waals surface area contributed by atoms with Crippen molar-refractivity contribution in [2.45, 2.75) is 31.6 Å². The van der Waals surface area contributed by atoms with E-state index in [-0.39, 0.29) is 10.5 Å². The Balaban J connectivity index is 3.17. The van der Waals surface area contributed by atoms with Crippen LogP contribution in [0, 0.1) is 0 Å².